The fourth-order valence-electron chi connectivity index (χ4n) is 1.07. The lowest BCUT2D eigenvalue weighted by Crippen LogP contribution is -2.19. The SMILES string of the molecule is CCCC(N)CCCCN.Cl.Cl. The Balaban J connectivity index is -0.000000405. The minimum atomic E-state index is 0. The molecule has 0 spiro atoms. The average Bonchev–Trinajstić information content (AvgIpc) is 1.89. The van der Waals surface area contributed by atoms with Crippen molar-refractivity contribution in [2.45, 2.75) is 45.1 Å². The summed E-state index contributed by atoms with van der Waals surface area (Å²) >= 11 is 0. The molecule has 0 bridgehead atoms. The maximum atomic E-state index is 5.78. The van der Waals surface area contributed by atoms with Gasteiger partial charge in [0.05, 0.1) is 0 Å². The average molecular weight is 217 g/mol. The molecule has 0 aliphatic rings. The Morgan fingerprint density at radius 1 is 1.08 bits per heavy atom. The number of nitrogens with two attached hydrogens (primary N) is 2. The van der Waals surface area contributed by atoms with Crippen molar-refractivity contribution in [1.29, 1.82) is 0 Å². The Morgan fingerprint density at radius 3 is 2.08 bits per heavy atom. The Hall–Kier alpha value is 0.500. The lowest BCUT2D eigenvalue weighted by Gasteiger charge is -2.08. The highest BCUT2D eigenvalue weighted by Crippen LogP contribution is 2.02. The van der Waals surface area contributed by atoms with E-state index in [-0.39, 0.29) is 24.8 Å². The zero-order chi connectivity index (χ0) is 7.82. The van der Waals surface area contributed by atoms with Crippen molar-refractivity contribution in [2.24, 2.45) is 11.5 Å². The van der Waals surface area contributed by atoms with Crippen LogP contribution in [0.2, 0.25) is 0 Å². The summed E-state index contributed by atoms with van der Waals surface area (Å²) in [5.41, 5.74) is 11.1. The van der Waals surface area contributed by atoms with Crippen molar-refractivity contribution in [3.63, 3.8) is 0 Å². The molecule has 1 atom stereocenters. The molecule has 0 fully saturated rings. The summed E-state index contributed by atoms with van der Waals surface area (Å²) in [6.07, 6.45) is 5.81. The molecule has 0 aliphatic carbocycles. The van der Waals surface area contributed by atoms with Crippen molar-refractivity contribution >= 4 is 24.8 Å². The van der Waals surface area contributed by atoms with E-state index in [0.29, 0.717) is 6.04 Å². The van der Waals surface area contributed by atoms with Gasteiger partial charge in [-0.3, -0.25) is 0 Å². The molecule has 4 N–H and O–H groups in total. The molecule has 12 heavy (non-hydrogen) atoms. The van der Waals surface area contributed by atoms with Gasteiger partial charge in [0.1, 0.15) is 0 Å². The van der Waals surface area contributed by atoms with E-state index in [0.717, 1.165) is 25.8 Å². The highest BCUT2D eigenvalue weighted by Gasteiger charge is 1.98. The Labute approximate surface area is 88.3 Å². The van der Waals surface area contributed by atoms with Gasteiger partial charge in [0, 0.05) is 6.04 Å². The molecule has 0 saturated carbocycles. The summed E-state index contributed by atoms with van der Waals surface area (Å²) in [7, 11) is 0. The van der Waals surface area contributed by atoms with Crippen LogP contribution in [0.4, 0.5) is 0 Å². The van der Waals surface area contributed by atoms with Crippen LogP contribution in [0.1, 0.15) is 39.0 Å². The first-order valence-corrected chi connectivity index (χ1v) is 4.27. The molecule has 0 heterocycles. The van der Waals surface area contributed by atoms with Gasteiger partial charge in [-0.05, 0) is 25.8 Å². The summed E-state index contributed by atoms with van der Waals surface area (Å²) < 4.78 is 0. The van der Waals surface area contributed by atoms with Gasteiger partial charge in [0.25, 0.3) is 0 Å². The maximum absolute atomic E-state index is 5.78. The van der Waals surface area contributed by atoms with Crippen LogP contribution in [0.3, 0.4) is 0 Å². The minimum absolute atomic E-state index is 0. The lowest BCUT2D eigenvalue weighted by atomic mass is 10.1. The fourth-order valence-corrected chi connectivity index (χ4v) is 1.07. The quantitative estimate of drug-likeness (QED) is 0.669. The van der Waals surface area contributed by atoms with Crippen molar-refractivity contribution < 1.29 is 0 Å². The highest BCUT2D eigenvalue weighted by atomic mass is 35.5. The predicted molar refractivity (Wildman–Crippen MR) is 60.3 cm³/mol. The first kappa shape index (κ1) is 18.3. The van der Waals surface area contributed by atoms with E-state index in [1.165, 1.54) is 12.8 Å². The fraction of sp³-hybridized carbons (Fsp3) is 1.00. The number of rotatable bonds is 6. The van der Waals surface area contributed by atoms with E-state index in [1.807, 2.05) is 0 Å². The molecule has 1 unspecified atom stereocenters. The van der Waals surface area contributed by atoms with Crippen molar-refractivity contribution in [2.75, 3.05) is 6.54 Å². The number of halogens is 2. The zero-order valence-electron chi connectivity index (χ0n) is 7.79. The Kier molecular flexibility index (Phi) is 21.4. The molecule has 0 aromatic carbocycles. The zero-order valence-corrected chi connectivity index (χ0v) is 9.42. The molecule has 0 aliphatic heterocycles. The Morgan fingerprint density at radius 2 is 1.67 bits per heavy atom. The van der Waals surface area contributed by atoms with Crippen LogP contribution >= 0.6 is 24.8 Å². The maximum Gasteiger partial charge on any atom is 0.00387 e. The largest absolute Gasteiger partial charge is 0.330 e. The van der Waals surface area contributed by atoms with E-state index < -0.39 is 0 Å². The summed E-state index contributed by atoms with van der Waals surface area (Å²) in [4.78, 5) is 0. The number of unbranched alkanes of at least 4 members (excludes halogenated alkanes) is 1. The third-order valence-corrected chi connectivity index (χ3v) is 1.69. The van der Waals surface area contributed by atoms with Crippen LogP contribution in [-0.4, -0.2) is 12.6 Å². The normalized spacial score (nSPS) is 11.2. The van der Waals surface area contributed by atoms with Crippen molar-refractivity contribution in [3.05, 3.63) is 0 Å². The van der Waals surface area contributed by atoms with Gasteiger partial charge in [-0.25, -0.2) is 0 Å². The van der Waals surface area contributed by atoms with Gasteiger partial charge in [0.15, 0.2) is 0 Å². The molecular weight excluding hydrogens is 195 g/mol. The van der Waals surface area contributed by atoms with Gasteiger partial charge >= 0.3 is 0 Å². The minimum Gasteiger partial charge on any atom is -0.330 e. The molecule has 0 radical (unpaired) electrons. The summed E-state index contributed by atoms with van der Waals surface area (Å²) in [5, 5.41) is 0. The molecule has 0 amide bonds. The van der Waals surface area contributed by atoms with Crippen LogP contribution in [0.5, 0.6) is 0 Å². The van der Waals surface area contributed by atoms with Crippen LogP contribution in [0.25, 0.3) is 0 Å². The van der Waals surface area contributed by atoms with Crippen LogP contribution in [0.15, 0.2) is 0 Å². The van der Waals surface area contributed by atoms with Gasteiger partial charge in [-0.15, -0.1) is 24.8 Å². The molecule has 0 rings (SSSR count). The third kappa shape index (κ3) is 13.1. The van der Waals surface area contributed by atoms with Crippen LogP contribution < -0.4 is 11.5 Å². The van der Waals surface area contributed by atoms with Gasteiger partial charge in [-0.2, -0.15) is 0 Å². The summed E-state index contributed by atoms with van der Waals surface area (Å²) in [6.45, 7) is 2.97. The highest BCUT2D eigenvalue weighted by molar-refractivity contribution is 5.85. The molecule has 0 aromatic heterocycles. The van der Waals surface area contributed by atoms with Gasteiger partial charge in [-0.1, -0.05) is 19.8 Å². The van der Waals surface area contributed by atoms with E-state index >= 15 is 0 Å². The first-order valence-electron chi connectivity index (χ1n) is 4.27. The van der Waals surface area contributed by atoms with E-state index in [9.17, 15) is 0 Å². The number of hydrogen-bond acceptors (Lipinski definition) is 2. The van der Waals surface area contributed by atoms with Gasteiger partial charge in [0.2, 0.25) is 0 Å². The number of hydrogen-bond donors (Lipinski definition) is 2. The van der Waals surface area contributed by atoms with E-state index in [2.05, 4.69) is 6.92 Å². The second kappa shape index (κ2) is 14.0. The van der Waals surface area contributed by atoms with E-state index in [1.54, 1.807) is 0 Å². The molecule has 4 heteroatoms. The predicted octanol–water partition coefficient (Wildman–Crippen LogP) is 2.09. The standard InChI is InChI=1S/C8H20N2.2ClH/c1-2-5-8(10)6-3-4-7-9;;/h8H,2-7,9-10H2,1H3;2*1H. The second-order valence-electron chi connectivity index (χ2n) is 2.83. The molecule has 78 valence electrons. The Bertz CT molecular complexity index is 72.1. The lowest BCUT2D eigenvalue weighted by molar-refractivity contribution is 0.529. The van der Waals surface area contributed by atoms with Crippen molar-refractivity contribution in [3.8, 4) is 0 Å². The second-order valence-corrected chi connectivity index (χ2v) is 2.83. The van der Waals surface area contributed by atoms with Crippen LogP contribution in [-0.2, 0) is 0 Å². The smallest absolute Gasteiger partial charge is 0.00387 e. The van der Waals surface area contributed by atoms with Crippen molar-refractivity contribution in [1.82, 2.24) is 0 Å². The molecule has 0 saturated heterocycles. The van der Waals surface area contributed by atoms with Crippen LogP contribution in [0, 0.1) is 0 Å². The monoisotopic (exact) mass is 216 g/mol. The summed E-state index contributed by atoms with van der Waals surface area (Å²) in [6, 6.07) is 0.413. The third-order valence-electron chi connectivity index (χ3n) is 1.69. The first-order chi connectivity index (χ1) is 4.81. The molecule has 0 aromatic rings. The summed E-state index contributed by atoms with van der Waals surface area (Å²) in [5.74, 6) is 0. The van der Waals surface area contributed by atoms with E-state index in [4.69, 9.17) is 11.5 Å². The molecule has 2 nitrogen and oxygen atoms in total. The van der Waals surface area contributed by atoms with Gasteiger partial charge < -0.3 is 11.5 Å². The topological polar surface area (TPSA) is 52.0 Å². The molecular formula is C8H22Cl2N2.